The number of hydrogen-bond acceptors (Lipinski definition) is 3. The third-order valence-corrected chi connectivity index (χ3v) is 7.22. The Labute approximate surface area is 212 Å². The van der Waals surface area contributed by atoms with E-state index in [1.54, 1.807) is 0 Å². The van der Waals surface area contributed by atoms with E-state index in [1.165, 1.54) is 5.39 Å². The molecule has 174 valence electrons. The second-order valence-corrected chi connectivity index (χ2v) is 9.40. The van der Waals surface area contributed by atoms with Crippen molar-refractivity contribution in [2.24, 2.45) is 0 Å². The predicted octanol–water partition coefficient (Wildman–Crippen LogP) is 10.1. The Morgan fingerprint density at radius 1 is 0.405 bits per heavy atom. The summed E-state index contributed by atoms with van der Waals surface area (Å²) in [5, 5.41) is 6.82. The monoisotopic (exact) mass is 475 g/mol. The Hall–Kier alpha value is -5.02. The maximum Gasteiger partial charge on any atom is 0.159 e. The zero-order chi connectivity index (χ0) is 24.3. The number of benzene rings is 6. The molecular formula is C34H21NO2. The minimum Gasteiger partial charge on any atom is -0.456 e. The minimum absolute atomic E-state index is 0.875. The van der Waals surface area contributed by atoms with Crippen LogP contribution in [-0.4, -0.2) is 0 Å². The third kappa shape index (κ3) is 3.08. The molecule has 0 aliphatic carbocycles. The van der Waals surface area contributed by atoms with Gasteiger partial charge in [0.15, 0.2) is 5.58 Å². The van der Waals surface area contributed by atoms with E-state index in [0.717, 1.165) is 66.3 Å². The molecule has 8 aromatic rings. The predicted molar refractivity (Wildman–Crippen MR) is 153 cm³/mol. The molecule has 2 aromatic heterocycles. The summed E-state index contributed by atoms with van der Waals surface area (Å²) < 4.78 is 12.6. The van der Waals surface area contributed by atoms with Crippen LogP contribution in [-0.2, 0) is 0 Å². The van der Waals surface area contributed by atoms with Gasteiger partial charge in [-0.3, -0.25) is 0 Å². The number of furan rings is 2. The van der Waals surface area contributed by atoms with Crippen molar-refractivity contribution in [1.82, 2.24) is 0 Å². The van der Waals surface area contributed by atoms with Gasteiger partial charge in [-0.15, -0.1) is 0 Å². The van der Waals surface area contributed by atoms with Crippen molar-refractivity contribution in [3.05, 3.63) is 127 Å². The van der Waals surface area contributed by atoms with Gasteiger partial charge in [0.05, 0.1) is 5.69 Å². The van der Waals surface area contributed by atoms with Crippen LogP contribution in [0.15, 0.2) is 136 Å². The summed E-state index contributed by atoms with van der Waals surface area (Å²) in [6.07, 6.45) is 0. The molecule has 0 N–H and O–H groups in total. The molecule has 0 radical (unpaired) electrons. The Balaban J connectivity index is 1.38. The van der Waals surface area contributed by atoms with E-state index >= 15 is 0 Å². The first-order chi connectivity index (χ1) is 18.3. The fraction of sp³-hybridized carbons (Fsp3) is 0. The van der Waals surface area contributed by atoms with Gasteiger partial charge in [-0.25, -0.2) is 0 Å². The summed E-state index contributed by atoms with van der Waals surface area (Å²) in [5.41, 5.74) is 6.71. The Morgan fingerprint density at radius 2 is 1.11 bits per heavy atom. The molecule has 0 aliphatic rings. The summed E-state index contributed by atoms with van der Waals surface area (Å²) in [4.78, 5) is 2.27. The van der Waals surface area contributed by atoms with E-state index in [4.69, 9.17) is 8.83 Å². The zero-order valence-electron chi connectivity index (χ0n) is 19.9. The number of nitrogens with zero attached hydrogens (tertiary/aromatic N) is 1. The fourth-order valence-corrected chi connectivity index (χ4v) is 5.51. The lowest BCUT2D eigenvalue weighted by Gasteiger charge is -2.25. The number of fused-ring (bicyclic) bond motifs is 7. The van der Waals surface area contributed by atoms with E-state index in [9.17, 15) is 0 Å². The van der Waals surface area contributed by atoms with Gasteiger partial charge >= 0.3 is 0 Å². The lowest BCUT2D eigenvalue weighted by atomic mass is 10.0. The van der Waals surface area contributed by atoms with Gasteiger partial charge in [-0.2, -0.15) is 0 Å². The number of anilines is 3. The molecule has 0 fully saturated rings. The standard InChI is InChI=1S/C34H21NO2/c1-2-9-24(10-3-1)35(30-14-8-13-28-26-11-4-7-16-32(26)37-34(28)30)25-18-17-22-20-29-27-12-5-6-15-31(27)36-33(29)21-23(22)19-25/h1-21H. The molecule has 0 spiro atoms. The summed E-state index contributed by atoms with van der Waals surface area (Å²) in [5.74, 6) is 0. The van der Waals surface area contributed by atoms with E-state index < -0.39 is 0 Å². The summed E-state index contributed by atoms with van der Waals surface area (Å²) in [6, 6.07) is 44.2. The van der Waals surface area contributed by atoms with Gasteiger partial charge in [0.2, 0.25) is 0 Å². The average molecular weight is 476 g/mol. The van der Waals surface area contributed by atoms with Crippen LogP contribution in [0.3, 0.4) is 0 Å². The normalized spacial score (nSPS) is 11.8. The van der Waals surface area contributed by atoms with E-state index in [-0.39, 0.29) is 0 Å². The van der Waals surface area contributed by atoms with Crippen molar-refractivity contribution in [3.8, 4) is 0 Å². The van der Waals surface area contributed by atoms with Crippen molar-refractivity contribution in [2.75, 3.05) is 4.90 Å². The third-order valence-electron chi connectivity index (χ3n) is 7.22. The maximum atomic E-state index is 6.43. The highest BCUT2D eigenvalue weighted by Gasteiger charge is 2.19. The van der Waals surface area contributed by atoms with E-state index in [0.29, 0.717) is 0 Å². The lowest BCUT2D eigenvalue weighted by molar-refractivity contribution is 0.669. The van der Waals surface area contributed by atoms with Crippen molar-refractivity contribution < 1.29 is 8.83 Å². The lowest BCUT2D eigenvalue weighted by Crippen LogP contribution is -2.10. The highest BCUT2D eigenvalue weighted by Crippen LogP contribution is 2.43. The largest absolute Gasteiger partial charge is 0.456 e. The molecular weight excluding hydrogens is 454 g/mol. The van der Waals surface area contributed by atoms with Crippen LogP contribution >= 0.6 is 0 Å². The average Bonchev–Trinajstić information content (AvgIpc) is 3.51. The molecule has 8 rings (SSSR count). The highest BCUT2D eigenvalue weighted by atomic mass is 16.3. The summed E-state index contributed by atoms with van der Waals surface area (Å²) >= 11 is 0. The Morgan fingerprint density at radius 3 is 1.95 bits per heavy atom. The Kier molecular flexibility index (Phi) is 4.23. The van der Waals surface area contributed by atoms with Crippen LogP contribution in [0, 0.1) is 0 Å². The molecule has 0 saturated heterocycles. The molecule has 0 atom stereocenters. The van der Waals surface area contributed by atoms with E-state index in [2.05, 4.69) is 102 Å². The maximum absolute atomic E-state index is 6.43. The first-order valence-corrected chi connectivity index (χ1v) is 12.4. The van der Waals surface area contributed by atoms with Gasteiger partial charge in [-0.05, 0) is 65.4 Å². The number of rotatable bonds is 3. The Bertz CT molecular complexity index is 2100. The van der Waals surface area contributed by atoms with E-state index in [1.807, 2.05) is 30.3 Å². The molecule has 0 aliphatic heterocycles. The molecule has 3 heteroatoms. The van der Waals surface area contributed by atoms with Gasteiger partial charge < -0.3 is 13.7 Å². The van der Waals surface area contributed by atoms with Gasteiger partial charge in [0.25, 0.3) is 0 Å². The van der Waals surface area contributed by atoms with Crippen LogP contribution in [0.25, 0.3) is 54.6 Å². The molecule has 3 nitrogen and oxygen atoms in total. The first kappa shape index (κ1) is 20.2. The van der Waals surface area contributed by atoms with Crippen LogP contribution < -0.4 is 4.90 Å². The van der Waals surface area contributed by atoms with Crippen LogP contribution in [0.1, 0.15) is 0 Å². The zero-order valence-corrected chi connectivity index (χ0v) is 19.9. The van der Waals surface area contributed by atoms with Crippen LogP contribution in [0.4, 0.5) is 17.1 Å². The van der Waals surface area contributed by atoms with Crippen molar-refractivity contribution in [2.45, 2.75) is 0 Å². The van der Waals surface area contributed by atoms with Gasteiger partial charge in [0, 0.05) is 32.9 Å². The molecule has 0 bridgehead atoms. The summed E-state index contributed by atoms with van der Waals surface area (Å²) in [7, 11) is 0. The number of para-hydroxylation sites is 4. The van der Waals surface area contributed by atoms with Crippen LogP contribution in [0.5, 0.6) is 0 Å². The van der Waals surface area contributed by atoms with Gasteiger partial charge in [0.1, 0.15) is 16.7 Å². The highest BCUT2D eigenvalue weighted by molar-refractivity contribution is 6.12. The smallest absolute Gasteiger partial charge is 0.159 e. The second-order valence-electron chi connectivity index (χ2n) is 9.40. The SMILES string of the molecule is c1ccc(N(c2ccc3cc4c(cc3c2)oc2ccccc24)c2cccc3c2oc2ccccc23)cc1. The van der Waals surface area contributed by atoms with Gasteiger partial charge in [-0.1, -0.05) is 72.8 Å². The number of hydrogen-bond donors (Lipinski definition) is 0. The fourth-order valence-electron chi connectivity index (χ4n) is 5.51. The van der Waals surface area contributed by atoms with Crippen molar-refractivity contribution >= 4 is 71.7 Å². The quantitative estimate of drug-likeness (QED) is 0.255. The first-order valence-electron chi connectivity index (χ1n) is 12.4. The molecule has 6 aromatic carbocycles. The molecule has 0 saturated carbocycles. The molecule has 2 heterocycles. The molecule has 0 amide bonds. The van der Waals surface area contributed by atoms with Crippen molar-refractivity contribution in [3.63, 3.8) is 0 Å². The molecule has 37 heavy (non-hydrogen) atoms. The molecule has 0 unspecified atom stereocenters. The summed E-state index contributed by atoms with van der Waals surface area (Å²) in [6.45, 7) is 0. The second kappa shape index (κ2) is 7.74. The van der Waals surface area contributed by atoms with Crippen molar-refractivity contribution in [1.29, 1.82) is 0 Å². The van der Waals surface area contributed by atoms with Crippen LogP contribution in [0.2, 0.25) is 0 Å². The topological polar surface area (TPSA) is 29.5 Å². The minimum atomic E-state index is 0.875.